The molecule has 1 aromatic rings. The first-order valence-electron chi connectivity index (χ1n) is 3.37. The summed E-state index contributed by atoms with van der Waals surface area (Å²) >= 11 is 11.3. The van der Waals surface area contributed by atoms with Crippen LogP contribution >= 0.6 is 23.2 Å². The Bertz CT molecular complexity index is 330. The van der Waals surface area contributed by atoms with Gasteiger partial charge in [0.15, 0.2) is 0 Å². The number of hydrogen-bond donors (Lipinski definition) is 1. The zero-order valence-corrected chi connectivity index (χ0v) is 7.92. The van der Waals surface area contributed by atoms with Gasteiger partial charge in [-0.1, -0.05) is 23.2 Å². The first-order chi connectivity index (χ1) is 6.16. The van der Waals surface area contributed by atoms with Gasteiger partial charge in [-0.3, -0.25) is 0 Å². The largest absolute Gasteiger partial charge is 0.387 e. The van der Waals surface area contributed by atoms with Gasteiger partial charge in [-0.25, -0.2) is 9.97 Å². The Morgan fingerprint density at radius 2 is 2.00 bits per heavy atom. The van der Waals surface area contributed by atoms with Gasteiger partial charge in [0.2, 0.25) is 0 Å². The molecule has 4 nitrogen and oxygen atoms in total. The third-order valence-electron chi connectivity index (χ3n) is 1.40. The van der Waals surface area contributed by atoms with Crippen LogP contribution in [0.25, 0.3) is 0 Å². The molecule has 1 N–H and O–H groups in total. The van der Waals surface area contributed by atoms with Gasteiger partial charge in [-0.05, 0) is 0 Å². The van der Waals surface area contributed by atoms with E-state index >= 15 is 0 Å². The Kier molecular flexibility index (Phi) is 3.43. The van der Waals surface area contributed by atoms with Crippen molar-refractivity contribution in [3.05, 3.63) is 22.2 Å². The highest BCUT2D eigenvalue weighted by atomic mass is 35.5. The number of aromatic nitrogens is 2. The number of nitriles is 1. The van der Waals surface area contributed by atoms with E-state index in [1.165, 1.54) is 6.33 Å². The Hall–Kier alpha value is -0.890. The molecule has 0 radical (unpaired) electrons. The van der Waals surface area contributed by atoms with Gasteiger partial charge in [0.1, 0.15) is 16.6 Å². The lowest BCUT2D eigenvalue weighted by Crippen LogP contribution is -2.01. The maximum absolute atomic E-state index is 9.41. The van der Waals surface area contributed by atoms with E-state index in [4.69, 9.17) is 28.5 Å². The van der Waals surface area contributed by atoms with Gasteiger partial charge in [0.05, 0.1) is 24.2 Å². The maximum atomic E-state index is 9.41. The SMILES string of the molecule is N#CCC(O)c1c(Cl)ncnc1Cl. The van der Waals surface area contributed by atoms with Crippen LogP contribution in [-0.2, 0) is 0 Å². The number of halogens is 2. The van der Waals surface area contributed by atoms with Crippen LogP contribution in [-0.4, -0.2) is 15.1 Å². The summed E-state index contributed by atoms with van der Waals surface area (Å²) in [7, 11) is 0. The second-order valence-electron chi connectivity index (χ2n) is 2.25. The molecular formula is C7H5Cl2N3O. The average molecular weight is 218 g/mol. The molecule has 1 rings (SSSR count). The molecule has 0 aromatic carbocycles. The molecule has 1 atom stereocenters. The van der Waals surface area contributed by atoms with Crippen molar-refractivity contribution in [3.8, 4) is 6.07 Å². The monoisotopic (exact) mass is 217 g/mol. The van der Waals surface area contributed by atoms with Crippen molar-refractivity contribution in [1.82, 2.24) is 9.97 Å². The van der Waals surface area contributed by atoms with E-state index in [2.05, 4.69) is 9.97 Å². The van der Waals surface area contributed by atoms with E-state index in [0.717, 1.165) is 0 Å². The molecule has 0 aliphatic heterocycles. The highest BCUT2D eigenvalue weighted by molar-refractivity contribution is 6.34. The molecule has 1 unspecified atom stereocenters. The molecule has 0 spiro atoms. The lowest BCUT2D eigenvalue weighted by molar-refractivity contribution is 0.183. The molecule has 0 aliphatic carbocycles. The van der Waals surface area contributed by atoms with Gasteiger partial charge in [0, 0.05) is 0 Å². The molecule has 1 aromatic heterocycles. The Morgan fingerprint density at radius 3 is 2.46 bits per heavy atom. The van der Waals surface area contributed by atoms with E-state index in [1.54, 1.807) is 6.07 Å². The standard InChI is InChI=1S/C7H5Cl2N3O/c8-6-5(4(13)1-2-10)7(9)12-3-11-6/h3-4,13H,1H2. The smallest absolute Gasteiger partial charge is 0.139 e. The summed E-state index contributed by atoms with van der Waals surface area (Å²) in [5.41, 5.74) is 0.201. The molecule has 0 bridgehead atoms. The number of rotatable bonds is 2. The summed E-state index contributed by atoms with van der Waals surface area (Å²) in [5, 5.41) is 17.9. The quantitative estimate of drug-likeness (QED) is 0.767. The van der Waals surface area contributed by atoms with Crippen LogP contribution in [0, 0.1) is 11.3 Å². The third kappa shape index (κ3) is 2.28. The van der Waals surface area contributed by atoms with Crippen LogP contribution in [0.15, 0.2) is 6.33 Å². The van der Waals surface area contributed by atoms with Crippen molar-refractivity contribution in [2.24, 2.45) is 0 Å². The molecule has 0 saturated heterocycles. The zero-order chi connectivity index (χ0) is 9.84. The van der Waals surface area contributed by atoms with E-state index < -0.39 is 6.10 Å². The summed E-state index contributed by atoms with van der Waals surface area (Å²) < 4.78 is 0. The van der Waals surface area contributed by atoms with E-state index in [9.17, 15) is 5.11 Å². The minimum absolute atomic E-state index is 0.0720. The predicted molar refractivity (Wildman–Crippen MR) is 47.2 cm³/mol. The number of hydrogen-bond acceptors (Lipinski definition) is 4. The Balaban J connectivity index is 3.06. The maximum Gasteiger partial charge on any atom is 0.139 e. The fraction of sp³-hybridized carbons (Fsp3) is 0.286. The summed E-state index contributed by atoms with van der Waals surface area (Å²) in [6.07, 6.45) is 0.0614. The number of nitrogens with zero attached hydrogens (tertiary/aromatic N) is 3. The first kappa shape index (κ1) is 10.2. The van der Waals surface area contributed by atoms with Crippen LogP contribution in [0.5, 0.6) is 0 Å². The summed E-state index contributed by atoms with van der Waals surface area (Å²) in [4.78, 5) is 7.29. The molecular weight excluding hydrogens is 213 g/mol. The predicted octanol–water partition coefficient (Wildman–Crippen LogP) is 1.73. The van der Waals surface area contributed by atoms with E-state index in [1.807, 2.05) is 0 Å². The topological polar surface area (TPSA) is 69.8 Å². The molecule has 6 heteroatoms. The first-order valence-corrected chi connectivity index (χ1v) is 4.13. The highest BCUT2D eigenvalue weighted by Crippen LogP contribution is 2.28. The molecule has 68 valence electrons. The van der Waals surface area contributed by atoms with Crippen LogP contribution < -0.4 is 0 Å². The van der Waals surface area contributed by atoms with Crippen molar-refractivity contribution in [2.45, 2.75) is 12.5 Å². The highest BCUT2D eigenvalue weighted by Gasteiger charge is 2.16. The van der Waals surface area contributed by atoms with Crippen LogP contribution in [0.3, 0.4) is 0 Å². The number of aliphatic hydroxyl groups excluding tert-OH is 1. The summed E-state index contributed by atoms with van der Waals surface area (Å²) in [6, 6.07) is 1.80. The molecule has 0 fully saturated rings. The van der Waals surface area contributed by atoms with E-state index in [-0.39, 0.29) is 22.3 Å². The van der Waals surface area contributed by atoms with E-state index in [0.29, 0.717) is 0 Å². The lowest BCUT2D eigenvalue weighted by atomic mass is 10.1. The lowest BCUT2D eigenvalue weighted by Gasteiger charge is -2.08. The van der Waals surface area contributed by atoms with Crippen molar-refractivity contribution in [3.63, 3.8) is 0 Å². The van der Waals surface area contributed by atoms with Crippen LogP contribution in [0.4, 0.5) is 0 Å². The van der Waals surface area contributed by atoms with Gasteiger partial charge >= 0.3 is 0 Å². The molecule has 1 heterocycles. The van der Waals surface area contributed by atoms with Gasteiger partial charge in [0.25, 0.3) is 0 Å². The summed E-state index contributed by atoms with van der Waals surface area (Å²) in [5.74, 6) is 0. The minimum atomic E-state index is -1.04. The molecule has 13 heavy (non-hydrogen) atoms. The van der Waals surface area contributed by atoms with Crippen LogP contribution in [0.1, 0.15) is 18.1 Å². The van der Waals surface area contributed by atoms with Crippen molar-refractivity contribution in [2.75, 3.05) is 0 Å². The van der Waals surface area contributed by atoms with Gasteiger partial charge in [-0.2, -0.15) is 5.26 Å². The van der Waals surface area contributed by atoms with Crippen molar-refractivity contribution in [1.29, 1.82) is 5.26 Å². The fourth-order valence-electron chi connectivity index (χ4n) is 0.818. The van der Waals surface area contributed by atoms with Crippen molar-refractivity contribution >= 4 is 23.2 Å². The van der Waals surface area contributed by atoms with Crippen LogP contribution in [0.2, 0.25) is 10.3 Å². The second kappa shape index (κ2) is 4.38. The van der Waals surface area contributed by atoms with Gasteiger partial charge < -0.3 is 5.11 Å². The van der Waals surface area contributed by atoms with Gasteiger partial charge in [-0.15, -0.1) is 0 Å². The summed E-state index contributed by atoms with van der Waals surface area (Å²) in [6.45, 7) is 0. The molecule has 0 amide bonds. The Labute approximate surface area is 84.8 Å². The average Bonchev–Trinajstić information content (AvgIpc) is 2.04. The normalized spacial score (nSPS) is 12.2. The zero-order valence-electron chi connectivity index (χ0n) is 6.41. The molecule has 0 saturated carbocycles. The van der Waals surface area contributed by atoms with Crippen molar-refractivity contribution < 1.29 is 5.11 Å². The third-order valence-corrected chi connectivity index (χ3v) is 2.01. The number of aliphatic hydroxyl groups is 1. The second-order valence-corrected chi connectivity index (χ2v) is 2.96. The fourth-order valence-corrected chi connectivity index (χ4v) is 1.38. The molecule has 0 aliphatic rings. The Morgan fingerprint density at radius 1 is 1.46 bits per heavy atom. The minimum Gasteiger partial charge on any atom is -0.387 e.